The lowest BCUT2D eigenvalue weighted by atomic mass is 9.97. The maximum absolute atomic E-state index is 11.5. The largest absolute Gasteiger partial charge is 0.497 e. The molecule has 0 bridgehead atoms. The Kier molecular flexibility index (Phi) is 6.97. The number of nitrogens with one attached hydrogen (secondary N) is 1. The van der Waals surface area contributed by atoms with Crippen LogP contribution in [-0.2, 0) is 24.1 Å². The first kappa shape index (κ1) is 21.3. The Labute approximate surface area is 155 Å². The van der Waals surface area contributed by atoms with Gasteiger partial charge in [0.2, 0.25) is 12.2 Å². The third-order valence-corrected chi connectivity index (χ3v) is 4.23. The van der Waals surface area contributed by atoms with Crippen molar-refractivity contribution in [3.05, 3.63) is 24.3 Å². The summed E-state index contributed by atoms with van der Waals surface area (Å²) in [5, 5.41) is 22.3. The summed E-state index contributed by atoms with van der Waals surface area (Å²) in [7, 11) is -3.46. The Balaban J connectivity index is 2.26. The first-order valence-corrected chi connectivity index (χ1v) is 9.19. The van der Waals surface area contributed by atoms with Crippen LogP contribution in [-0.4, -0.2) is 73.5 Å². The van der Waals surface area contributed by atoms with Crippen LogP contribution >= 0.6 is 0 Å². The highest BCUT2D eigenvalue weighted by atomic mass is 32.3. The highest BCUT2D eigenvalue weighted by molar-refractivity contribution is 7.80. The Morgan fingerprint density at radius 3 is 2.33 bits per heavy atom. The summed E-state index contributed by atoms with van der Waals surface area (Å²) < 4.78 is 51.4. The number of carbonyl (C=O) groups is 1. The highest BCUT2D eigenvalue weighted by Crippen LogP contribution is 2.27. The fourth-order valence-corrected chi connectivity index (χ4v) is 3.12. The summed E-state index contributed by atoms with van der Waals surface area (Å²) in [5.74, 6) is 0.313. The van der Waals surface area contributed by atoms with Crippen molar-refractivity contribution in [2.45, 2.75) is 37.6 Å². The second-order valence-electron chi connectivity index (χ2n) is 5.72. The van der Waals surface area contributed by atoms with E-state index in [1.165, 1.54) is 14.0 Å². The van der Waals surface area contributed by atoms with Crippen molar-refractivity contribution in [2.24, 2.45) is 0 Å². The van der Waals surface area contributed by atoms with Gasteiger partial charge >= 0.3 is 10.4 Å². The van der Waals surface area contributed by atoms with Crippen molar-refractivity contribution >= 4 is 16.3 Å². The number of ether oxygens (including phenoxy) is 3. The van der Waals surface area contributed by atoms with Crippen molar-refractivity contribution in [1.82, 2.24) is 5.32 Å². The molecule has 4 N–H and O–H groups in total. The number of amides is 1. The zero-order chi connectivity index (χ0) is 20.2. The minimum absolute atomic E-state index is 0.300. The second kappa shape index (κ2) is 8.82. The van der Waals surface area contributed by atoms with Gasteiger partial charge in [-0.2, -0.15) is 8.42 Å². The van der Waals surface area contributed by atoms with E-state index in [4.69, 9.17) is 18.8 Å². The average molecular weight is 407 g/mol. The van der Waals surface area contributed by atoms with Crippen molar-refractivity contribution in [3.8, 4) is 11.5 Å². The minimum Gasteiger partial charge on any atom is -0.497 e. The van der Waals surface area contributed by atoms with E-state index in [1.807, 2.05) is 0 Å². The molecule has 12 heteroatoms. The lowest BCUT2D eigenvalue weighted by Crippen LogP contribution is -2.66. The van der Waals surface area contributed by atoms with Gasteiger partial charge in [-0.3, -0.25) is 9.35 Å². The molecule has 11 nitrogen and oxygen atoms in total. The molecule has 2 rings (SSSR count). The molecular formula is C15H21NO10S. The molecule has 1 aromatic rings. The number of aliphatic hydroxyl groups excluding tert-OH is 2. The van der Waals surface area contributed by atoms with Gasteiger partial charge in [0, 0.05) is 6.92 Å². The molecule has 1 fully saturated rings. The molecule has 1 heterocycles. The zero-order valence-electron chi connectivity index (χ0n) is 14.5. The standard InChI is InChI=1S/C15H21NO10S/c1-8(18)16-12-13(19)14(26-27(20,21)22)11(7-17)25-15(12)24-10-5-3-9(23-2)4-6-10/h3-6,11-15,17,19H,7H2,1-2H3,(H,16,18)(H,20,21,22)/t11-,12-,13-,14+,15-/m1/s1. The van der Waals surface area contributed by atoms with E-state index < -0.39 is 53.6 Å². The summed E-state index contributed by atoms with van der Waals surface area (Å²) in [6.45, 7) is 0.431. The number of hydrogen-bond acceptors (Lipinski definition) is 9. The van der Waals surface area contributed by atoms with E-state index in [0.717, 1.165) is 0 Å². The van der Waals surface area contributed by atoms with Crippen LogP contribution in [0, 0.1) is 0 Å². The van der Waals surface area contributed by atoms with Crippen LogP contribution in [0.2, 0.25) is 0 Å². The second-order valence-corrected chi connectivity index (χ2v) is 6.77. The normalized spacial score (nSPS) is 28.4. The lowest BCUT2D eigenvalue weighted by molar-refractivity contribution is -0.239. The number of carbonyl (C=O) groups excluding carboxylic acids is 1. The topological polar surface area (TPSA) is 161 Å². The third kappa shape index (κ3) is 5.76. The molecule has 0 aromatic heterocycles. The first-order chi connectivity index (χ1) is 12.6. The zero-order valence-corrected chi connectivity index (χ0v) is 15.3. The van der Waals surface area contributed by atoms with Gasteiger partial charge in [-0.15, -0.1) is 0 Å². The van der Waals surface area contributed by atoms with Gasteiger partial charge in [-0.1, -0.05) is 0 Å². The Bertz CT molecular complexity index is 737. The summed E-state index contributed by atoms with van der Waals surface area (Å²) in [6.07, 6.45) is -5.98. The van der Waals surface area contributed by atoms with Crippen molar-refractivity contribution in [2.75, 3.05) is 13.7 Å². The van der Waals surface area contributed by atoms with E-state index in [9.17, 15) is 23.4 Å². The molecule has 152 valence electrons. The van der Waals surface area contributed by atoms with Gasteiger partial charge in [-0.25, -0.2) is 4.18 Å². The number of hydrogen-bond donors (Lipinski definition) is 4. The van der Waals surface area contributed by atoms with Gasteiger partial charge in [0.05, 0.1) is 13.7 Å². The molecule has 0 spiro atoms. The predicted molar refractivity (Wildman–Crippen MR) is 89.4 cm³/mol. The van der Waals surface area contributed by atoms with Crippen molar-refractivity contribution < 1.29 is 46.4 Å². The summed E-state index contributed by atoms with van der Waals surface area (Å²) in [5.41, 5.74) is 0. The van der Waals surface area contributed by atoms with Gasteiger partial charge in [0.1, 0.15) is 35.9 Å². The molecule has 27 heavy (non-hydrogen) atoms. The van der Waals surface area contributed by atoms with Crippen LogP contribution in [0.4, 0.5) is 0 Å². The van der Waals surface area contributed by atoms with Crippen LogP contribution in [0.25, 0.3) is 0 Å². The lowest BCUT2D eigenvalue weighted by Gasteiger charge is -2.43. The fraction of sp³-hybridized carbons (Fsp3) is 0.533. The van der Waals surface area contributed by atoms with E-state index in [2.05, 4.69) is 9.50 Å². The van der Waals surface area contributed by atoms with Gasteiger partial charge in [0.25, 0.3) is 0 Å². The Hall–Kier alpha value is -1.96. The van der Waals surface area contributed by atoms with Crippen LogP contribution < -0.4 is 14.8 Å². The first-order valence-electron chi connectivity index (χ1n) is 7.82. The Morgan fingerprint density at radius 1 is 1.26 bits per heavy atom. The number of benzene rings is 1. The van der Waals surface area contributed by atoms with Crippen LogP contribution in [0.15, 0.2) is 24.3 Å². The van der Waals surface area contributed by atoms with Crippen LogP contribution in [0.5, 0.6) is 11.5 Å². The van der Waals surface area contributed by atoms with E-state index in [-0.39, 0.29) is 0 Å². The molecule has 0 radical (unpaired) electrons. The molecular weight excluding hydrogens is 386 g/mol. The molecule has 0 saturated carbocycles. The molecule has 1 aromatic carbocycles. The van der Waals surface area contributed by atoms with Crippen LogP contribution in [0.1, 0.15) is 6.92 Å². The van der Waals surface area contributed by atoms with Crippen LogP contribution in [0.3, 0.4) is 0 Å². The van der Waals surface area contributed by atoms with Gasteiger partial charge in [0.15, 0.2) is 0 Å². The van der Waals surface area contributed by atoms with Crippen molar-refractivity contribution in [1.29, 1.82) is 0 Å². The summed E-state index contributed by atoms with van der Waals surface area (Å²) in [4.78, 5) is 11.5. The summed E-state index contributed by atoms with van der Waals surface area (Å²) >= 11 is 0. The number of aliphatic hydroxyl groups is 2. The molecule has 1 amide bonds. The third-order valence-electron chi connectivity index (χ3n) is 3.77. The molecule has 0 unspecified atom stereocenters. The maximum Gasteiger partial charge on any atom is 0.397 e. The minimum atomic E-state index is -4.95. The molecule has 1 saturated heterocycles. The van der Waals surface area contributed by atoms with E-state index >= 15 is 0 Å². The smallest absolute Gasteiger partial charge is 0.397 e. The van der Waals surface area contributed by atoms with Crippen molar-refractivity contribution in [3.63, 3.8) is 0 Å². The van der Waals surface area contributed by atoms with Gasteiger partial charge < -0.3 is 29.7 Å². The van der Waals surface area contributed by atoms with E-state index in [0.29, 0.717) is 11.5 Å². The quantitative estimate of drug-likeness (QED) is 0.406. The molecule has 5 atom stereocenters. The molecule has 1 aliphatic heterocycles. The fourth-order valence-electron chi connectivity index (χ4n) is 2.60. The van der Waals surface area contributed by atoms with Gasteiger partial charge in [-0.05, 0) is 24.3 Å². The highest BCUT2D eigenvalue weighted by Gasteiger charge is 2.49. The summed E-state index contributed by atoms with van der Waals surface area (Å²) in [6, 6.07) is 5.06. The average Bonchev–Trinajstić information content (AvgIpc) is 2.59. The number of methoxy groups -OCH3 is 1. The monoisotopic (exact) mass is 407 g/mol. The predicted octanol–water partition coefficient (Wildman–Crippen LogP) is -1.16. The molecule has 1 aliphatic rings. The van der Waals surface area contributed by atoms with E-state index in [1.54, 1.807) is 24.3 Å². The molecule has 0 aliphatic carbocycles. The maximum atomic E-state index is 11.5. The number of rotatable bonds is 7. The SMILES string of the molecule is COc1ccc(O[C@@H]2O[C@H](CO)[C@H](OS(=O)(=O)O)[C@H](O)[C@H]2NC(C)=O)cc1. The Morgan fingerprint density at radius 2 is 1.85 bits per heavy atom.